The van der Waals surface area contributed by atoms with Crippen LogP contribution in [0.4, 0.5) is 6.01 Å². The lowest BCUT2D eigenvalue weighted by Crippen LogP contribution is -2.15. The molecule has 0 unspecified atom stereocenters. The van der Waals surface area contributed by atoms with Crippen LogP contribution < -0.4 is 10.6 Å². The Morgan fingerprint density at radius 2 is 2.24 bits per heavy atom. The van der Waals surface area contributed by atoms with Gasteiger partial charge in [-0.05, 0) is 12.8 Å². The highest BCUT2D eigenvalue weighted by molar-refractivity contribution is 5.18. The molecule has 0 spiro atoms. The monoisotopic (exact) mass is 235 g/mol. The molecule has 1 fully saturated rings. The van der Waals surface area contributed by atoms with Crippen LogP contribution in [0.5, 0.6) is 0 Å². The zero-order chi connectivity index (χ0) is 11.5. The predicted octanol–water partition coefficient (Wildman–Crippen LogP) is 0.922. The number of nitrogens with one attached hydrogen (secondary N) is 2. The second-order valence-corrected chi connectivity index (χ2v) is 4.00. The van der Waals surface area contributed by atoms with Crippen molar-refractivity contribution >= 4 is 6.01 Å². The molecular formula is C10H13N5O2. The van der Waals surface area contributed by atoms with Gasteiger partial charge in [-0.3, -0.25) is 0 Å². The Morgan fingerprint density at radius 3 is 3.00 bits per heavy atom. The molecule has 2 heterocycles. The minimum absolute atomic E-state index is 0.403. The maximum Gasteiger partial charge on any atom is 0.315 e. The Kier molecular flexibility index (Phi) is 2.74. The lowest BCUT2D eigenvalue weighted by atomic mass is 10.4. The maximum atomic E-state index is 5.41. The van der Waals surface area contributed by atoms with Gasteiger partial charge < -0.3 is 19.6 Å². The second-order valence-electron chi connectivity index (χ2n) is 4.00. The lowest BCUT2D eigenvalue weighted by molar-refractivity contribution is 0.412. The van der Waals surface area contributed by atoms with E-state index in [1.807, 2.05) is 0 Å². The van der Waals surface area contributed by atoms with Crippen LogP contribution >= 0.6 is 0 Å². The molecule has 0 saturated heterocycles. The number of nitrogens with zero attached hydrogens (tertiary/aromatic N) is 3. The molecule has 3 rings (SSSR count). The summed E-state index contributed by atoms with van der Waals surface area (Å²) < 4.78 is 10.1. The minimum atomic E-state index is 0.403. The average molecular weight is 235 g/mol. The molecule has 2 aromatic rings. The van der Waals surface area contributed by atoms with E-state index >= 15 is 0 Å². The summed E-state index contributed by atoms with van der Waals surface area (Å²) in [5.41, 5.74) is 0.792. The quantitative estimate of drug-likeness (QED) is 0.769. The van der Waals surface area contributed by atoms with Crippen LogP contribution in [-0.2, 0) is 13.1 Å². The molecule has 2 N–H and O–H groups in total. The summed E-state index contributed by atoms with van der Waals surface area (Å²) >= 11 is 0. The molecule has 0 atom stereocenters. The fourth-order valence-electron chi connectivity index (χ4n) is 1.41. The third-order valence-corrected chi connectivity index (χ3v) is 2.50. The van der Waals surface area contributed by atoms with Crippen LogP contribution in [0.2, 0.25) is 0 Å². The van der Waals surface area contributed by atoms with E-state index in [-0.39, 0.29) is 0 Å². The van der Waals surface area contributed by atoms with Gasteiger partial charge in [0.1, 0.15) is 12.0 Å². The van der Waals surface area contributed by atoms with Crippen molar-refractivity contribution in [2.75, 3.05) is 5.32 Å². The maximum absolute atomic E-state index is 5.41. The summed E-state index contributed by atoms with van der Waals surface area (Å²) in [6.07, 6.45) is 4.01. The largest absolute Gasteiger partial charge is 0.407 e. The van der Waals surface area contributed by atoms with Gasteiger partial charge in [-0.15, -0.1) is 5.10 Å². The standard InChI is InChI=1S/C10H13N5O2/c1-2-7(1)11-6-9-13-14-10(17-9)12-5-8-3-4-16-15-8/h3-4,7,11H,1-2,5-6H2,(H,12,14). The van der Waals surface area contributed by atoms with E-state index < -0.39 is 0 Å². The molecule has 0 radical (unpaired) electrons. The fraction of sp³-hybridized carbons (Fsp3) is 0.500. The van der Waals surface area contributed by atoms with Gasteiger partial charge in [-0.2, -0.15) is 0 Å². The molecule has 1 aliphatic rings. The molecular weight excluding hydrogens is 222 g/mol. The third-order valence-electron chi connectivity index (χ3n) is 2.50. The zero-order valence-corrected chi connectivity index (χ0v) is 9.22. The molecule has 7 heteroatoms. The summed E-state index contributed by atoms with van der Waals surface area (Å²) in [6.45, 7) is 1.14. The molecule has 0 amide bonds. The van der Waals surface area contributed by atoms with Crippen LogP contribution in [0.25, 0.3) is 0 Å². The topological polar surface area (TPSA) is 89.0 Å². The van der Waals surface area contributed by atoms with Crippen LogP contribution in [-0.4, -0.2) is 21.4 Å². The first-order chi connectivity index (χ1) is 8.40. The summed E-state index contributed by atoms with van der Waals surface area (Å²) in [5, 5.41) is 17.9. The highest BCUT2D eigenvalue weighted by Gasteiger charge is 2.21. The van der Waals surface area contributed by atoms with Gasteiger partial charge in [0.05, 0.1) is 13.1 Å². The smallest absolute Gasteiger partial charge is 0.315 e. The Morgan fingerprint density at radius 1 is 1.29 bits per heavy atom. The van der Waals surface area contributed by atoms with Crippen molar-refractivity contribution < 1.29 is 8.94 Å². The van der Waals surface area contributed by atoms with Gasteiger partial charge >= 0.3 is 6.01 Å². The number of anilines is 1. The molecule has 7 nitrogen and oxygen atoms in total. The average Bonchev–Trinajstić information content (AvgIpc) is 2.86. The van der Waals surface area contributed by atoms with Crippen LogP contribution in [0.3, 0.4) is 0 Å². The van der Waals surface area contributed by atoms with Crippen LogP contribution in [0.1, 0.15) is 24.4 Å². The number of aromatic nitrogens is 3. The predicted molar refractivity (Wildman–Crippen MR) is 58.0 cm³/mol. The van der Waals surface area contributed by atoms with Gasteiger partial charge in [-0.25, -0.2) is 0 Å². The third kappa shape index (κ3) is 2.82. The Bertz CT molecular complexity index is 463. The summed E-state index contributed by atoms with van der Waals surface area (Å²) in [4.78, 5) is 0. The molecule has 90 valence electrons. The normalized spacial score (nSPS) is 15.1. The first-order valence-electron chi connectivity index (χ1n) is 5.59. The molecule has 0 aromatic carbocycles. The van der Waals surface area contributed by atoms with Crippen molar-refractivity contribution in [2.45, 2.75) is 32.0 Å². The Hall–Kier alpha value is -1.89. The van der Waals surface area contributed by atoms with Crippen molar-refractivity contribution in [3.63, 3.8) is 0 Å². The SMILES string of the molecule is c1cc(CNc2nnc(CNC3CC3)o2)no1. The fourth-order valence-corrected chi connectivity index (χ4v) is 1.41. The number of rotatable bonds is 6. The van der Waals surface area contributed by atoms with Gasteiger partial charge in [-0.1, -0.05) is 10.3 Å². The molecule has 2 aromatic heterocycles. The lowest BCUT2D eigenvalue weighted by Gasteiger charge is -1.97. The number of hydrogen-bond acceptors (Lipinski definition) is 7. The van der Waals surface area contributed by atoms with E-state index in [2.05, 4.69) is 26.0 Å². The highest BCUT2D eigenvalue weighted by atomic mass is 16.5. The van der Waals surface area contributed by atoms with Gasteiger partial charge in [0, 0.05) is 12.1 Å². The van der Waals surface area contributed by atoms with Gasteiger partial charge in [0.2, 0.25) is 5.89 Å². The van der Waals surface area contributed by atoms with Crippen molar-refractivity contribution in [3.8, 4) is 0 Å². The molecule has 17 heavy (non-hydrogen) atoms. The van der Waals surface area contributed by atoms with E-state index in [1.54, 1.807) is 6.07 Å². The molecule has 1 saturated carbocycles. The van der Waals surface area contributed by atoms with Crippen molar-refractivity contribution in [1.82, 2.24) is 20.7 Å². The van der Waals surface area contributed by atoms with Crippen LogP contribution in [0, 0.1) is 0 Å². The Balaban J connectivity index is 1.49. The van der Waals surface area contributed by atoms with E-state index in [0.717, 1.165) is 5.69 Å². The van der Waals surface area contributed by atoms with Crippen molar-refractivity contribution in [2.24, 2.45) is 0 Å². The first-order valence-corrected chi connectivity index (χ1v) is 5.59. The van der Waals surface area contributed by atoms with Gasteiger partial charge in [0.15, 0.2) is 0 Å². The molecule has 0 aliphatic heterocycles. The van der Waals surface area contributed by atoms with Crippen molar-refractivity contribution in [3.05, 3.63) is 23.9 Å². The summed E-state index contributed by atoms with van der Waals surface area (Å²) in [6, 6.07) is 2.81. The summed E-state index contributed by atoms with van der Waals surface area (Å²) in [5.74, 6) is 0.597. The zero-order valence-electron chi connectivity index (χ0n) is 9.22. The van der Waals surface area contributed by atoms with E-state index in [4.69, 9.17) is 8.94 Å². The van der Waals surface area contributed by atoms with E-state index in [0.29, 0.717) is 31.0 Å². The van der Waals surface area contributed by atoms with E-state index in [1.165, 1.54) is 19.1 Å². The second kappa shape index (κ2) is 4.54. The van der Waals surface area contributed by atoms with Gasteiger partial charge in [0.25, 0.3) is 0 Å². The van der Waals surface area contributed by atoms with E-state index in [9.17, 15) is 0 Å². The number of hydrogen-bond donors (Lipinski definition) is 2. The molecule has 0 bridgehead atoms. The Labute approximate surface area is 97.6 Å². The van der Waals surface area contributed by atoms with Crippen LogP contribution in [0.15, 0.2) is 21.3 Å². The minimum Gasteiger partial charge on any atom is -0.407 e. The first kappa shape index (κ1) is 10.3. The summed E-state index contributed by atoms with van der Waals surface area (Å²) in [7, 11) is 0. The highest BCUT2D eigenvalue weighted by Crippen LogP contribution is 2.19. The molecule has 1 aliphatic carbocycles. The van der Waals surface area contributed by atoms with Crippen molar-refractivity contribution in [1.29, 1.82) is 0 Å².